The fourth-order valence-electron chi connectivity index (χ4n) is 3.18. The van der Waals surface area contributed by atoms with Crippen LogP contribution in [0.3, 0.4) is 0 Å². The van der Waals surface area contributed by atoms with Gasteiger partial charge in [0.25, 0.3) is 5.91 Å². The molecule has 0 bridgehead atoms. The van der Waals surface area contributed by atoms with Gasteiger partial charge in [-0.25, -0.2) is 0 Å². The lowest BCUT2D eigenvalue weighted by atomic mass is 10.0. The van der Waals surface area contributed by atoms with Crippen molar-refractivity contribution in [1.82, 2.24) is 10.1 Å². The zero-order valence-electron chi connectivity index (χ0n) is 15.1. The van der Waals surface area contributed by atoms with Gasteiger partial charge in [0, 0.05) is 24.1 Å². The number of carbonyl (C=O) groups excluding carboxylic acids is 1. The maximum absolute atomic E-state index is 13.1. The number of carbonyl (C=O) groups is 1. The molecule has 0 aliphatic carbocycles. The summed E-state index contributed by atoms with van der Waals surface area (Å²) in [4.78, 5) is 15.9. The summed E-state index contributed by atoms with van der Waals surface area (Å²) in [7, 11) is 0. The number of amides is 1. The van der Waals surface area contributed by atoms with Crippen molar-refractivity contribution in [1.29, 1.82) is 0 Å². The van der Waals surface area contributed by atoms with E-state index in [4.69, 9.17) is 9.26 Å². The van der Waals surface area contributed by atoms with E-state index in [0.717, 1.165) is 21.9 Å². The van der Waals surface area contributed by atoms with Crippen LogP contribution < -0.4 is 0 Å². The van der Waals surface area contributed by atoms with Gasteiger partial charge in [-0.3, -0.25) is 4.79 Å². The summed E-state index contributed by atoms with van der Waals surface area (Å²) in [6.45, 7) is 9.16. The third kappa shape index (κ3) is 4.44. The van der Waals surface area contributed by atoms with Gasteiger partial charge in [-0.1, -0.05) is 17.3 Å². The Bertz CT molecular complexity index is 757. The van der Waals surface area contributed by atoms with Crippen LogP contribution in [0.4, 0.5) is 0 Å². The molecule has 0 spiro atoms. The number of ether oxygens (including phenoxy) is 1. The Morgan fingerprint density at radius 2 is 2.16 bits per heavy atom. The number of thioether (sulfide) groups is 1. The highest BCUT2D eigenvalue weighted by atomic mass is 32.2. The van der Waals surface area contributed by atoms with Crippen LogP contribution in [0, 0.1) is 6.92 Å². The number of aryl methyl sites for hydroxylation is 1. The Labute approximate surface area is 152 Å². The predicted octanol–water partition coefficient (Wildman–Crippen LogP) is 3.91. The van der Waals surface area contributed by atoms with Crippen molar-refractivity contribution in [3.63, 3.8) is 0 Å². The molecule has 1 saturated heterocycles. The molecule has 1 amide bonds. The van der Waals surface area contributed by atoms with E-state index in [1.807, 2.05) is 62.9 Å². The van der Waals surface area contributed by atoms with Gasteiger partial charge >= 0.3 is 0 Å². The Morgan fingerprint density at radius 3 is 2.84 bits per heavy atom. The van der Waals surface area contributed by atoms with Crippen molar-refractivity contribution in [2.75, 3.05) is 13.1 Å². The van der Waals surface area contributed by atoms with E-state index < -0.39 is 0 Å². The molecule has 1 aromatic heterocycles. The topological polar surface area (TPSA) is 55.6 Å². The zero-order chi connectivity index (χ0) is 18.0. The van der Waals surface area contributed by atoms with Crippen LogP contribution in [-0.4, -0.2) is 40.8 Å². The number of nitrogens with zero attached hydrogens (tertiary/aromatic N) is 2. The van der Waals surface area contributed by atoms with Crippen molar-refractivity contribution in [3.8, 4) is 0 Å². The molecule has 2 heterocycles. The van der Waals surface area contributed by atoms with Crippen molar-refractivity contribution in [2.45, 2.75) is 50.0 Å². The summed E-state index contributed by atoms with van der Waals surface area (Å²) in [5.41, 5.74) is 1.27. The minimum Gasteiger partial charge on any atom is -0.369 e. The fraction of sp³-hybridized carbons (Fsp3) is 0.474. The molecular formula is C19H24N2O3S. The Morgan fingerprint density at radius 1 is 1.40 bits per heavy atom. The molecule has 0 N–H and O–H groups in total. The number of rotatable bonds is 4. The van der Waals surface area contributed by atoms with Crippen LogP contribution in [0.15, 0.2) is 39.8 Å². The largest absolute Gasteiger partial charge is 0.369 e. The highest BCUT2D eigenvalue weighted by molar-refractivity contribution is 7.98. The molecule has 0 unspecified atom stereocenters. The average Bonchev–Trinajstić information content (AvgIpc) is 2.96. The van der Waals surface area contributed by atoms with Crippen molar-refractivity contribution in [3.05, 3.63) is 47.3 Å². The maximum atomic E-state index is 13.1. The fourth-order valence-corrected chi connectivity index (χ4v) is 4.10. The summed E-state index contributed by atoms with van der Waals surface area (Å²) in [6.07, 6.45) is 0.0321. The summed E-state index contributed by atoms with van der Waals surface area (Å²) >= 11 is 1.59. The van der Waals surface area contributed by atoms with E-state index in [0.29, 0.717) is 18.8 Å². The maximum Gasteiger partial charge on any atom is 0.255 e. The highest BCUT2D eigenvalue weighted by Crippen LogP contribution is 2.29. The molecule has 2 aromatic rings. The molecule has 1 aromatic carbocycles. The van der Waals surface area contributed by atoms with Gasteiger partial charge in [0.15, 0.2) is 0 Å². The first kappa shape index (κ1) is 18.0. The minimum absolute atomic E-state index is 0.0321. The van der Waals surface area contributed by atoms with Gasteiger partial charge in [-0.15, -0.1) is 11.8 Å². The number of aromatic nitrogens is 1. The van der Waals surface area contributed by atoms with Gasteiger partial charge in [-0.2, -0.15) is 0 Å². The Hall–Kier alpha value is -1.79. The summed E-state index contributed by atoms with van der Waals surface area (Å²) in [5, 5.41) is 3.91. The number of morpholine rings is 1. The van der Waals surface area contributed by atoms with E-state index in [2.05, 4.69) is 5.16 Å². The van der Waals surface area contributed by atoms with E-state index in [-0.39, 0.29) is 17.6 Å². The van der Waals surface area contributed by atoms with Crippen LogP contribution >= 0.6 is 11.8 Å². The molecule has 1 aliphatic heterocycles. The smallest absolute Gasteiger partial charge is 0.255 e. The van der Waals surface area contributed by atoms with Crippen LogP contribution in [0.2, 0.25) is 0 Å². The van der Waals surface area contributed by atoms with Crippen LogP contribution in [0.5, 0.6) is 0 Å². The monoisotopic (exact) mass is 360 g/mol. The Balaban J connectivity index is 1.76. The lowest BCUT2D eigenvalue weighted by Gasteiger charge is -2.41. The van der Waals surface area contributed by atoms with E-state index in [1.165, 1.54) is 0 Å². The second kappa shape index (κ2) is 7.22. The van der Waals surface area contributed by atoms with Gasteiger partial charge in [-0.05, 0) is 39.8 Å². The molecular weight excluding hydrogens is 336 g/mol. The molecule has 0 saturated carbocycles. The highest BCUT2D eigenvalue weighted by Gasteiger charge is 2.34. The van der Waals surface area contributed by atoms with E-state index in [9.17, 15) is 4.79 Å². The number of hydrogen-bond acceptors (Lipinski definition) is 5. The molecule has 1 aliphatic rings. The quantitative estimate of drug-likeness (QED) is 0.774. The minimum atomic E-state index is -0.327. The van der Waals surface area contributed by atoms with Crippen molar-refractivity contribution in [2.24, 2.45) is 0 Å². The molecule has 3 rings (SSSR count). The zero-order valence-corrected chi connectivity index (χ0v) is 15.9. The lowest BCUT2D eigenvalue weighted by Crippen LogP contribution is -2.53. The SMILES string of the molecule is Cc1cc(CSc2ccccc2C(=O)N2C[C@@H](C)OC(C)(C)C2)on1. The average molecular weight is 360 g/mol. The molecule has 5 nitrogen and oxygen atoms in total. The molecule has 1 fully saturated rings. The van der Waals surface area contributed by atoms with Gasteiger partial charge in [0.2, 0.25) is 0 Å². The second-order valence-electron chi connectivity index (χ2n) is 7.09. The lowest BCUT2D eigenvalue weighted by molar-refractivity contribution is -0.118. The van der Waals surface area contributed by atoms with Crippen LogP contribution in [-0.2, 0) is 10.5 Å². The number of benzene rings is 1. The molecule has 6 heteroatoms. The molecule has 1 atom stereocenters. The van der Waals surface area contributed by atoms with Gasteiger partial charge in [0.05, 0.1) is 28.7 Å². The first-order chi connectivity index (χ1) is 11.8. The second-order valence-corrected chi connectivity index (χ2v) is 8.11. The van der Waals surface area contributed by atoms with E-state index >= 15 is 0 Å². The first-order valence-corrected chi connectivity index (χ1v) is 9.44. The Kier molecular flexibility index (Phi) is 5.20. The van der Waals surface area contributed by atoms with E-state index in [1.54, 1.807) is 11.8 Å². The molecule has 134 valence electrons. The van der Waals surface area contributed by atoms with Gasteiger partial charge < -0.3 is 14.2 Å². The number of hydrogen-bond donors (Lipinski definition) is 0. The summed E-state index contributed by atoms with van der Waals surface area (Å²) in [5.74, 6) is 1.52. The summed E-state index contributed by atoms with van der Waals surface area (Å²) < 4.78 is 11.2. The van der Waals surface area contributed by atoms with Crippen molar-refractivity contribution >= 4 is 17.7 Å². The van der Waals surface area contributed by atoms with Gasteiger partial charge in [0.1, 0.15) is 5.76 Å². The first-order valence-electron chi connectivity index (χ1n) is 8.45. The predicted molar refractivity (Wildman–Crippen MR) is 97.8 cm³/mol. The third-order valence-electron chi connectivity index (χ3n) is 4.02. The van der Waals surface area contributed by atoms with Crippen LogP contribution in [0.25, 0.3) is 0 Å². The molecule has 25 heavy (non-hydrogen) atoms. The third-order valence-corrected chi connectivity index (χ3v) is 5.12. The standard InChI is InChI=1S/C19H24N2O3S/c1-13-9-15(24-20-13)11-25-17-8-6-5-7-16(17)18(22)21-10-14(2)23-19(3,4)12-21/h5-9,14H,10-12H2,1-4H3/t14-/m1/s1. The normalized spacial score (nSPS) is 19.8. The summed E-state index contributed by atoms with van der Waals surface area (Å²) in [6, 6.07) is 9.66. The van der Waals surface area contributed by atoms with Crippen LogP contribution in [0.1, 0.15) is 42.6 Å². The van der Waals surface area contributed by atoms with Crippen molar-refractivity contribution < 1.29 is 14.1 Å². The molecule has 0 radical (unpaired) electrons.